The number of esters is 1. The molecule has 0 bridgehead atoms. The fraction of sp³-hybridized carbons (Fsp3) is 0.571. The van der Waals surface area contributed by atoms with Gasteiger partial charge in [-0.1, -0.05) is 6.08 Å². The second-order valence-electron chi connectivity index (χ2n) is 2.46. The Hall–Kier alpha value is -0.830. The maximum Gasteiger partial charge on any atom is 0.318 e. The molecule has 1 saturated heterocycles. The largest absolute Gasteiger partial charge is 0.468 e. The van der Waals surface area contributed by atoms with Gasteiger partial charge in [0.05, 0.1) is 7.11 Å². The van der Waals surface area contributed by atoms with Crippen molar-refractivity contribution in [1.29, 1.82) is 0 Å². The lowest BCUT2D eigenvalue weighted by atomic mass is 9.82. The Morgan fingerprint density at radius 1 is 1.80 bits per heavy atom. The molecule has 3 heteroatoms. The Bertz CT molecular complexity index is 161. The highest BCUT2D eigenvalue weighted by Crippen LogP contribution is 2.24. The number of nitrogens with one attached hydrogen (secondary N) is 1. The summed E-state index contributed by atoms with van der Waals surface area (Å²) in [7, 11) is 1.39. The van der Waals surface area contributed by atoms with Gasteiger partial charge >= 0.3 is 5.97 Å². The van der Waals surface area contributed by atoms with Gasteiger partial charge in [0.25, 0.3) is 0 Å². The van der Waals surface area contributed by atoms with E-state index in [1.165, 1.54) is 7.11 Å². The van der Waals surface area contributed by atoms with Crippen LogP contribution in [0.2, 0.25) is 0 Å². The van der Waals surface area contributed by atoms with Gasteiger partial charge < -0.3 is 10.1 Å². The fourth-order valence-corrected chi connectivity index (χ4v) is 0.970. The van der Waals surface area contributed by atoms with Gasteiger partial charge in [0, 0.05) is 13.1 Å². The summed E-state index contributed by atoms with van der Waals surface area (Å²) in [6.45, 7) is 4.89. The van der Waals surface area contributed by atoms with E-state index in [-0.39, 0.29) is 5.97 Å². The molecule has 0 aromatic carbocycles. The minimum atomic E-state index is -0.436. The maximum absolute atomic E-state index is 11.0. The highest BCUT2D eigenvalue weighted by atomic mass is 16.5. The normalized spacial score (nSPS) is 20.9. The van der Waals surface area contributed by atoms with E-state index in [9.17, 15) is 4.79 Å². The second-order valence-corrected chi connectivity index (χ2v) is 2.46. The van der Waals surface area contributed by atoms with Crippen LogP contribution in [0.15, 0.2) is 12.7 Å². The van der Waals surface area contributed by atoms with Crippen molar-refractivity contribution in [2.45, 2.75) is 0 Å². The highest BCUT2D eigenvalue weighted by Gasteiger charge is 2.42. The quantitative estimate of drug-likeness (QED) is 0.432. The average molecular weight is 141 g/mol. The molecule has 1 heterocycles. The molecular weight excluding hydrogens is 130 g/mol. The van der Waals surface area contributed by atoms with Crippen LogP contribution in [0.5, 0.6) is 0 Å². The van der Waals surface area contributed by atoms with E-state index < -0.39 is 5.41 Å². The van der Waals surface area contributed by atoms with Crippen molar-refractivity contribution < 1.29 is 9.53 Å². The smallest absolute Gasteiger partial charge is 0.318 e. The van der Waals surface area contributed by atoms with Gasteiger partial charge in [0.15, 0.2) is 0 Å². The molecule has 1 N–H and O–H groups in total. The molecule has 1 fully saturated rings. The van der Waals surface area contributed by atoms with E-state index in [4.69, 9.17) is 0 Å². The molecule has 1 rings (SSSR count). The van der Waals surface area contributed by atoms with Gasteiger partial charge in [-0.2, -0.15) is 0 Å². The van der Waals surface area contributed by atoms with Crippen LogP contribution in [0, 0.1) is 5.41 Å². The van der Waals surface area contributed by atoms with Crippen LogP contribution in [-0.2, 0) is 9.53 Å². The maximum atomic E-state index is 11.0. The fourth-order valence-electron chi connectivity index (χ4n) is 0.970. The zero-order valence-electron chi connectivity index (χ0n) is 6.02. The standard InChI is InChI=1S/C7H11NO2/c1-3-7(4-8-5-7)6(9)10-2/h3,8H,1,4-5H2,2H3. The Balaban J connectivity index is 2.64. The molecular formula is C7H11NO2. The predicted octanol–water partition coefficient (Wildman–Crippen LogP) is -0.0650. The summed E-state index contributed by atoms with van der Waals surface area (Å²) in [6, 6.07) is 0. The first kappa shape index (κ1) is 7.28. The van der Waals surface area contributed by atoms with Crippen molar-refractivity contribution >= 4 is 5.97 Å². The average Bonchev–Trinajstić information content (AvgIpc) is 1.86. The Morgan fingerprint density at radius 2 is 2.40 bits per heavy atom. The molecule has 0 amide bonds. The lowest BCUT2D eigenvalue weighted by Gasteiger charge is -2.36. The molecule has 0 aliphatic carbocycles. The van der Waals surface area contributed by atoms with Crippen molar-refractivity contribution in [3.05, 3.63) is 12.7 Å². The molecule has 0 saturated carbocycles. The molecule has 0 atom stereocenters. The molecule has 1 aliphatic rings. The minimum absolute atomic E-state index is 0.193. The number of rotatable bonds is 2. The molecule has 3 nitrogen and oxygen atoms in total. The van der Waals surface area contributed by atoms with Crippen molar-refractivity contribution in [1.82, 2.24) is 5.32 Å². The number of hydrogen-bond donors (Lipinski definition) is 1. The molecule has 0 spiro atoms. The van der Waals surface area contributed by atoms with Crippen LogP contribution in [0.4, 0.5) is 0 Å². The van der Waals surface area contributed by atoms with E-state index in [2.05, 4.69) is 16.6 Å². The van der Waals surface area contributed by atoms with Gasteiger partial charge in [0.1, 0.15) is 5.41 Å². The van der Waals surface area contributed by atoms with Crippen LogP contribution in [0.1, 0.15) is 0 Å². The van der Waals surface area contributed by atoms with Crippen LogP contribution in [0.25, 0.3) is 0 Å². The first-order valence-electron chi connectivity index (χ1n) is 3.18. The van der Waals surface area contributed by atoms with Gasteiger partial charge in [0.2, 0.25) is 0 Å². The number of carbonyl (C=O) groups excluding carboxylic acids is 1. The van der Waals surface area contributed by atoms with Gasteiger partial charge in [-0.25, -0.2) is 0 Å². The van der Waals surface area contributed by atoms with E-state index in [1.807, 2.05) is 0 Å². The highest BCUT2D eigenvalue weighted by molar-refractivity contribution is 5.80. The SMILES string of the molecule is C=CC1(C(=O)OC)CNC1. The number of methoxy groups -OCH3 is 1. The third-order valence-corrected chi connectivity index (χ3v) is 1.86. The van der Waals surface area contributed by atoms with Gasteiger partial charge in [-0.15, -0.1) is 6.58 Å². The predicted molar refractivity (Wildman–Crippen MR) is 37.5 cm³/mol. The first-order valence-corrected chi connectivity index (χ1v) is 3.18. The number of ether oxygens (including phenoxy) is 1. The molecule has 56 valence electrons. The topological polar surface area (TPSA) is 38.3 Å². The van der Waals surface area contributed by atoms with Crippen molar-refractivity contribution in [2.24, 2.45) is 5.41 Å². The summed E-state index contributed by atoms with van der Waals surface area (Å²) in [4.78, 5) is 11.0. The van der Waals surface area contributed by atoms with Crippen molar-refractivity contribution in [2.75, 3.05) is 20.2 Å². The van der Waals surface area contributed by atoms with E-state index in [0.717, 1.165) is 0 Å². The summed E-state index contributed by atoms with van der Waals surface area (Å²) in [5, 5.41) is 3.00. The Kier molecular flexibility index (Phi) is 1.76. The lowest BCUT2D eigenvalue weighted by Crippen LogP contribution is -2.57. The molecule has 0 radical (unpaired) electrons. The van der Waals surface area contributed by atoms with Crippen LogP contribution < -0.4 is 5.32 Å². The van der Waals surface area contributed by atoms with Crippen molar-refractivity contribution in [3.8, 4) is 0 Å². The summed E-state index contributed by atoms with van der Waals surface area (Å²) in [5.74, 6) is -0.193. The van der Waals surface area contributed by atoms with Gasteiger partial charge in [-0.05, 0) is 0 Å². The zero-order chi connectivity index (χ0) is 7.61. The van der Waals surface area contributed by atoms with E-state index in [1.54, 1.807) is 6.08 Å². The Labute approximate surface area is 60.1 Å². The minimum Gasteiger partial charge on any atom is -0.468 e. The van der Waals surface area contributed by atoms with Crippen LogP contribution in [-0.4, -0.2) is 26.2 Å². The summed E-state index contributed by atoms with van der Waals surface area (Å²) < 4.78 is 4.60. The first-order chi connectivity index (χ1) is 4.75. The molecule has 0 unspecified atom stereocenters. The molecule has 10 heavy (non-hydrogen) atoms. The monoisotopic (exact) mass is 141 g/mol. The van der Waals surface area contributed by atoms with E-state index in [0.29, 0.717) is 13.1 Å². The summed E-state index contributed by atoms with van der Waals surface area (Å²) in [5.41, 5.74) is -0.436. The lowest BCUT2D eigenvalue weighted by molar-refractivity contribution is -0.152. The number of hydrogen-bond acceptors (Lipinski definition) is 3. The van der Waals surface area contributed by atoms with Crippen molar-refractivity contribution in [3.63, 3.8) is 0 Å². The number of carbonyl (C=O) groups is 1. The second kappa shape index (κ2) is 2.42. The van der Waals surface area contributed by atoms with Gasteiger partial charge in [-0.3, -0.25) is 4.79 Å². The molecule has 0 aromatic heterocycles. The third kappa shape index (κ3) is 0.827. The Morgan fingerprint density at radius 3 is 2.50 bits per heavy atom. The van der Waals surface area contributed by atoms with Crippen LogP contribution >= 0.6 is 0 Å². The van der Waals surface area contributed by atoms with E-state index >= 15 is 0 Å². The summed E-state index contributed by atoms with van der Waals surface area (Å²) >= 11 is 0. The molecule has 0 aromatic rings. The zero-order valence-corrected chi connectivity index (χ0v) is 6.02. The third-order valence-electron chi connectivity index (χ3n) is 1.86. The summed E-state index contributed by atoms with van der Waals surface area (Å²) in [6.07, 6.45) is 1.65. The molecule has 1 aliphatic heterocycles. The van der Waals surface area contributed by atoms with Crippen LogP contribution in [0.3, 0.4) is 0 Å².